The van der Waals surface area contributed by atoms with E-state index in [9.17, 15) is 4.79 Å². The van der Waals surface area contributed by atoms with Crippen LogP contribution in [0.3, 0.4) is 0 Å². The van der Waals surface area contributed by atoms with E-state index in [1.807, 2.05) is 37.3 Å². The topological polar surface area (TPSA) is 87.0 Å². The van der Waals surface area contributed by atoms with Gasteiger partial charge in [0.25, 0.3) is 5.91 Å². The van der Waals surface area contributed by atoms with Crippen LogP contribution < -0.4 is 15.4 Å². The molecule has 2 N–H and O–H groups in total. The fourth-order valence-corrected chi connectivity index (χ4v) is 2.47. The molecule has 0 radical (unpaired) electrons. The number of rotatable bonds is 6. The monoisotopic (exact) mass is 358 g/mol. The molecule has 0 unspecified atom stereocenters. The van der Waals surface area contributed by atoms with Crippen molar-refractivity contribution in [2.45, 2.75) is 6.92 Å². The molecule has 6 nitrogen and oxygen atoms in total. The van der Waals surface area contributed by atoms with Crippen LogP contribution in [0.5, 0.6) is 5.75 Å². The Morgan fingerprint density at radius 3 is 2.63 bits per heavy atom. The Morgan fingerprint density at radius 2 is 1.89 bits per heavy atom. The highest BCUT2D eigenvalue weighted by Crippen LogP contribution is 2.21. The van der Waals surface area contributed by atoms with Gasteiger partial charge in [0, 0.05) is 17.6 Å². The van der Waals surface area contributed by atoms with Crippen molar-refractivity contribution in [3.05, 3.63) is 78.1 Å². The normalized spacial score (nSPS) is 9.93. The predicted octanol–water partition coefficient (Wildman–Crippen LogP) is 4.35. The van der Waals surface area contributed by atoms with E-state index in [-0.39, 0.29) is 5.91 Å². The second-order valence-corrected chi connectivity index (χ2v) is 5.69. The maximum absolute atomic E-state index is 12.5. The van der Waals surface area contributed by atoms with Crippen LogP contribution in [0, 0.1) is 11.3 Å². The molecule has 1 amide bonds. The van der Waals surface area contributed by atoms with Gasteiger partial charge in [-0.1, -0.05) is 6.07 Å². The summed E-state index contributed by atoms with van der Waals surface area (Å²) in [4.78, 5) is 16.6. The van der Waals surface area contributed by atoms with Gasteiger partial charge in [-0.05, 0) is 55.5 Å². The molecule has 1 heterocycles. The number of aromatic nitrogens is 1. The number of carbonyl (C=O) groups excluding carboxylic acids is 1. The number of nitrogens with zero attached hydrogens (tertiary/aromatic N) is 2. The molecule has 3 rings (SSSR count). The maximum atomic E-state index is 12.5. The molecule has 0 aliphatic carbocycles. The van der Waals surface area contributed by atoms with Gasteiger partial charge in [0.1, 0.15) is 5.75 Å². The van der Waals surface area contributed by atoms with Crippen LogP contribution in [0.4, 0.5) is 17.1 Å². The lowest BCUT2D eigenvalue weighted by atomic mass is 10.2. The third-order valence-electron chi connectivity index (χ3n) is 3.70. The minimum atomic E-state index is -0.298. The van der Waals surface area contributed by atoms with Gasteiger partial charge in [0.05, 0.1) is 35.7 Å². The number of amides is 1. The Balaban J connectivity index is 1.70. The first-order chi connectivity index (χ1) is 13.2. The summed E-state index contributed by atoms with van der Waals surface area (Å²) in [5, 5.41) is 14.9. The van der Waals surface area contributed by atoms with E-state index in [4.69, 9.17) is 10.00 Å². The van der Waals surface area contributed by atoms with Crippen molar-refractivity contribution in [3.8, 4) is 11.8 Å². The van der Waals surface area contributed by atoms with Crippen LogP contribution in [0.25, 0.3) is 0 Å². The van der Waals surface area contributed by atoms with Gasteiger partial charge in [0.15, 0.2) is 0 Å². The second kappa shape index (κ2) is 8.50. The van der Waals surface area contributed by atoms with Crippen molar-refractivity contribution >= 4 is 23.0 Å². The van der Waals surface area contributed by atoms with Crippen molar-refractivity contribution in [1.82, 2.24) is 4.98 Å². The Bertz CT molecular complexity index is 978. The molecule has 0 aliphatic heterocycles. The van der Waals surface area contributed by atoms with Gasteiger partial charge < -0.3 is 15.4 Å². The lowest BCUT2D eigenvalue weighted by Crippen LogP contribution is -2.12. The highest BCUT2D eigenvalue weighted by molar-refractivity contribution is 6.04. The van der Waals surface area contributed by atoms with Gasteiger partial charge in [-0.3, -0.25) is 9.78 Å². The van der Waals surface area contributed by atoms with E-state index in [0.717, 1.165) is 11.4 Å². The van der Waals surface area contributed by atoms with Crippen LogP contribution in [-0.4, -0.2) is 17.5 Å². The molecule has 1 aromatic heterocycles. The first-order valence-corrected chi connectivity index (χ1v) is 8.44. The van der Waals surface area contributed by atoms with Crippen LogP contribution in [0.15, 0.2) is 67.0 Å². The first-order valence-electron chi connectivity index (χ1n) is 8.44. The zero-order valence-electron chi connectivity index (χ0n) is 14.8. The molecule has 6 heteroatoms. The van der Waals surface area contributed by atoms with Crippen LogP contribution in [-0.2, 0) is 0 Å². The summed E-state index contributed by atoms with van der Waals surface area (Å²) in [6.45, 7) is 2.55. The van der Waals surface area contributed by atoms with Crippen molar-refractivity contribution in [1.29, 1.82) is 5.26 Å². The molecule has 0 aliphatic rings. The number of benzene rings is 2. The molecule has 2 aromatic carbocycles. The first kappa shape index (κ1) is 18.0. The Morgan fingerprint density at radius 1 is 1.07 bits per heavy atom. The Hall–Kier alpha value is -3.85. The lowest BCUT2D eigenvalue weighted by molar-refractivity contribution is 0.102. The Labute approximate surface area is 157 Å². The second-order valence-electron chi connectivity index (χ2n) is 5.69. The van der Waals surface area contributed by atoms with Gasteiger partial charge in [-0.25, -0.2) is 0 Å². The van der Waals surface area contributed by atoms with Gasteiger partial charge in [-0.15, -0.1) is 0 Å². The number of carbonyl (C=O) groups is 1. The smallest absolute Gasteiger partial charge is 0.257 e. The van der Waals surface area contributed by atoms with Crippen LogP contribution >= 0.6 is 0 Å². The molecular weight excluding hydrogens is 340 g/mol. The zero-order valence-corrected chi connectivity index (χ0v) is 14.8. The summed E-state index contributed by atoms with van der Waals surface area (Å²) in [5.41, 5.74) is 3.01. The minimum Gasteiger partial charge on any atom is -0.494 e. The fourth-order valence-electron chi connectivity index (χ4n) is 2.47. The van der Waals surface area contributed by atoms with Gasteiger partial charge in [0.2, 0.25) is 0 Å². The van der Waals surface area contributed by atoms with Crippen molar-refractivity contribution in [3.63, 3.8) is 0 Å². The summed E-state index contributed by atoms with van der Waals surface area (Å²) in [6, 6.07) is 18.0. The van der Waals surface area contributed by atoms with Crippen molar-refractivity contribution in [2.24, 2.45) is 0 Å². The third-order valence-corrected chi connectivity index (χ3v) is 3.70. The fraction of sp³-hybridized carbons (Fsp3) is 0.0952. The minimum absolute atomic E-state index is 0.298. The molecule has 0 saturated carbocycles. The summed E-state index contributed by atoms with van der Waals surface area (Å²) < 4.78 is 5.42. The van der Waals surface area contributed by atoms with Crippen molar-refractivity contribution < 1.29 is 9.53 Å². The third kappa shape index (κ3) is 4.83. The highest BCUT2D eigenvalue weighted by Gasteiger charge is 2.08. The summed E-state index contributed by atoms with van der Waals surface area (Å²) in [5.74, 6) is 0.502. The average Bonchev–Trinajstić information content (AvgIpc) is 2.70. The molecule has 0 fully saturated rings. The molecule has 0 atom stereocenters. The van der Waals surface area contributed by atoms with Crippen LogP contribution in [0.2, 0.25) is 0 Å². The summed E-state index contributed by atoms with van der Waals surface area (Å²) in [7, 11) is 0. The quantitative estimate of drug-likeness (QED) is 0.684. The number of anilines is 3. The van der Waals surface area contributed by atoms with E-state index in [2.05, 4.69) is 15.6 Å². The van der Waals surface area contributed by atoms with E-state index < -0.39 is 0 Å². The summed E-state index contributed by atoms with van der Waals surface area (Å²) in [6.07, 6.45) is 3.14. The summed E-state index contributed by atoms with van der Waals surface area (Å²) >= 11 is 0. The average molecular weight is 358 g/mol. The predicted molar refractivity (Wildman–Crippen MR) is 104 cm³/mol. The largest absolute Gasteiger partial charge is 0.494 e. The van der Waals surface area contributed by atoms with E-state index >= 15 is 0 Å². The number of pyridine rings is 1. The van der Waals surface area contributed by atoms with Gasteiger partial charge in [-0.2, -0.15) is 5.26 Å². The molecule has 0 bridgehead atoms. The molecule has 134 valence electrons. The molecule has 27 heavy (non-hydrogen) atoms. The highest BCUT2D eigenvalue weighted by atomic mass is 16.5. The number of ether oxygens (including phenoxy) is 1. The lowest BCUT2D eigenvalue weighted by Gasteiger charge is -2.10. The SMILES string of the molecule is CCOc1ccc(Nc2cncc(C(=O)Nc3cccc(C#N)c3)c2)cc1. The molecular formula is C21H18N4O2. The zero-order chi connectivity index (χ0) is 19.1. The standard InChI is InChI=1S/C21H18N4O2/c1-2-27-20-8-6-17(7-9-20)24-19-11-16(13-23-14-19)21(26)25-18-5-3-4-15(10-18)12-22/h3-11,13-14,24H,2H2,1H3,(H,25,26). The van der Waals surface area contributed by atoms with Gasteiger partial charge >= 0.3 is 0 Å². The van der Waals surface area contributed by atoms with Crippen molar-refractivity contribution in [2.75, 3.05) is 17.2 Å². The maximum Gasteiger partial charge on any atom is 0.257 e. The molecule has 0 saturated heterocycles. The number of nitriles is 1. The van der Waals surface area contributed by atoms with Crippen LogP contribution in [0.1, 0.15) is 22.8 Å². The van der Waals surface area contributed by atoms with E-state index in [1.165, 1.54) is 6.20 Å². The number of nitrogens with one attached hydrogen (secondary N) is 2. The molecule has 3 aromatic rings. The molecule has 0 spiro atoms. The number of hydrogen-bond donors (Lipinski definition) is 2. The van der Waals surface area contributed by atoms with E-state index in [1.54, 1.807) is 36.5 Å². The van der Waals surface area contributed by atoms with E-state index in [0.29, 0.717) is 29.1 Å². The number of hydrogen-bond acceptors (Lipinski definition) is 5. The Kier molecular flexibility index (Phi) is 5.65.